The predicted molar refractivity (Wildman–Crippen MR) is 67.1 cm³/mol. The van der Waals surface area contributed by atoms with Crippen LogP contribution in [0.25, 0.3) is 0 Å². The maximum atomic E-state index is 12.4. The first-order valence-corrected chi connectivity index (χ1v) is 6.43. The smallest absolute Gasteiger partial charge is 0.348 e. The van der Waals surface area contributed by atoms with Crippen molar-refractivity contribution in [3.8, 4) is 0 Å². The van der Waals surface area contributed by atoms with Gasteiger partial charge in [0.2, 0.25) is 0 Å². The van der Waals surface area contributed by atoms with Gasteiger partial charge in [0.05, 0.1) is 5.56 Å². The lowest BCUT2D eigenvalue weighted by atomic mass is 9.94. The van der Waals surface area contributed by atoms with E-state index in [2.05, 4.69) is 15.6 Å². The Morgan fingerprint density at radius 1 is 1.45 bits per heavy atom. The van der Waals surface area contributed by atoms with Crippen LogP contribution in [0.3, 0.4) is 0 Å². The number of carbonyl (C=O) groups is 1. The molecule has 0 spiro atoms. The molecular weight excluding hydrogens is 271 g/mol. The van der Waals surface area contributed by atoms with Gasteiger partial charge in [-0.25, -0.2) is 0 Å². The number of amides is 1. The van der Waals surface area contributed by atoms with E-state index in [0.717, 1.165) is 31.3 Å². The molecule has 110 valence electrons. The van der Waals surface area contributed by atoms with Crippen LogP contribution in [0.2, 0.25) is 0 Å². The second kappa shape index (κ2) is 5.78. The Balaban J connectivity index is 2.02. The standard InChI is InChI=1S/C13H16F3N3O/c1-8-4-5-17-7-10(8)19-12(20)9-2-3-11(18-6-9)13(14,15)16/h2-3,6,8,10,17H,4-5,7H2,1H3,(H,19,20). The molecule has 2 heterocycles. The number of hydrogen-bond donors (Lipinski definition) is 2. The lowest BCUT2D eigenvalue weighted by Gasteiger charge is -2.30. The predicted octanol–water partition coefficient (Wildman–Crippen LogP) is 1.83. The molecule has 0 aliphatic carbocycles. The van der Waals surface area contributed by atoms with Crippen LogP contribution >= 0.6 is 0 Å². The van der Waals surface area contributed by atoms with Crippen molar-refractivity contribution in [3.05, 3.63) is 29.6 Å². The third-order valence-corrected chi connectivity index (χ3v) is 3.46. The number of halogens is 3. The monoisotopic (exact) mass is 287 g/mol. The summed E-state index contributed by atoms with van der Waals surface area (Å²) in [5.74, 6) is -0.0608. The second-order valence-electron chi connectivity index (χ2n) is 4.98. The van der Waals surface area contributed by atoms with Gasteiger partial charge in [-0.05, 0) is 31.0 Å². The number of pyridine rings is 1. The van der Waals surface area contributed by atoms with E-state index in [1.807, 2.05) is 6.92 Å². The zero-order valence-electron chi connectivity index (χ0n) is 11.0. The van der Waals surface area contributed by atoms with Crippen LogP contribution in [0, 0.1) is 5.92 Å². The molecule has 7 heteroatoms. The van der Waals surface area contributed by atoms with Crippen molar-refractivity contribution in [2.75, 3.05) is 13.1 Å². The third kappa shape index (κ3) is 3.47. The van der Waals surface area contributed by atoms with Gasteiger partial charge in [-0.3, -0.25) is 9.78 Å². The molecule has 1 fully saturated rings. The second-order valence-corrected chi connectivity index (χ2v) is 4.98. The lowest BCUT2D eigenvalue weighted by molar-refractivity contribution is -0.141. The summed E-state index contributed by atoms with van der Waals surface area (Å²) in [4.78, 5) is 15.2. The first-order valence-electron chi connectivity index (χ1n) is 6.43. The van der Waals surface area contributed by atoms with Crippen molar-refractivity contribution in [2.24, 2.45) is 5.92 Å². The Morgan fingerprint density at radius 2 is 2.20 bits per heavy atom. The Morgan fingerprint density at radius 3 is 2.75 bits per heavy atom. The molecule has 2 N–H and O–H groups in total. The van der Waals surface area contributed by atoms with E-state index in [-0.39, 0.29) is 11.6 Å². The summed E-state index contributed by atoms with van der Waals surface area (Å²) in [5.41, 5.74) is -0.863. The maximum Gasteiger partial charge on any atom is 0.433 e. The molecular formula is C13H16F3N3O. The summed E-state index contributed by atoms with van der Waals surface area (Å²) in [7, 11) is 0. The summed E-state index contributed by atoms with van der Waals surface area (Å²) in [5, 5.41) is 5.99. The Hall–Kier alpha value is -1.63. The van der Waals surface area contributed by atoms with Crippen LogP contribution in [0.4, 0.5) is 13.2 Å². The number of piperidine rings is 1. The summed E-state index contributed by atoms with van der Waals surface area (Å²) in [6.07, 6.45) is -2.58. The highest BCUT2D eigenvalue weighted by Crippen LogP contribution is 2.27. The number of hydrogen-bond acceptors (Lipinski definition) is 3. The van der Waals surface area contributed by atoms with Crippen molar-refractivity contribution in [3.63, 3.8) is 0 Å². The molecule has 1 amide bonds. The molecule has 20 heavy (non-hydrogen) atoms. The number of nitrogens with one attached hydrogen (secondary N) is 2. The minimum absolute atomic E-state index is 0.0152. The average molecular weight is 287 g/mol. The molecule has 0 radical (unpaired) electrons. The summed E-state index contributed by atoms with van der Waals surface area (Å²) in [6, 6.07) is 1.95. The number of nitrogens with zero attached hydrogens (tertiary/aromatic N) is 1. The first kappa shape index (κ1) is 14.8. The van der Waals surface area contributed by atoms with Crippen molar-refractivity contribution < 1.29 is 18.0 Å². The summed E-state index contributed by atoms with van der Waals surface area (Å²) in [6.45, 7) is 3.62. The normalized spacial score (nSPS) is 23.4. The van der Waals surface area contributed by atoms with Crippen LogP contribution in [-0.2, 0) is 6.18 Å². The van der Waals surface area contributed by atoms with Gasteiger partial charge in [0.15, 0.2) is 0 Å². The van der Waals surface area contributed by atoms with Gasteiger partial charge in [-0.15, -0.1) is 0 Å². The van der Waals surface area contributed by atoms with E-state index >= 15 is 0 Å². The van der Waals surface area contributed by atoms with E-state index < -0.39 is 17.8 Å². The number of carbonyl (C=O) groups excluding carboxylic acids is 1. The SMILES string of the molecule is CC1CCNCC1NC(=O)c1ccc(C(F)(F)F)nc1. The topological polar surface area (TPSA) is 54.0 Å². The van der Waals surface area contributed by atoms with Gasteiger partial charge in [0, 0.05) is 18.8 Å². The molecule has 1 aromatic rings. The molecule has 2 atom stereocenters. The van der Waals surface area contributed by atoms with Gasteiger partial charge < -0.3 is 10.6 Å². The van der Waals surface area contributed by atoms with E-state index in [1.165, 1.54) is 0 Å². The van der Waals surface area contributed by atoms with Crippen molar-refractivity contribution in [1.29, 1.82) is 0 Å². The number of rotatable bonds is 2. The quantitative estimate of drug-likeness (QED) is 0.872. The minimum Gasteiger partial charge on any atom is -0.348 e. The molecule has 1 aromatic heterocycles. The number of aromatic nitrogens is 1. The lowest BCUT2D eigenvalue weighted by Crippen LogP contribution is -2.50. The van der Waals surface area contributed by atoms with E-state index in [4.69, 9.17) is 0 Å². The fraction of sp³-hybridized carbons (Fsp3) is 0.538. The van der Waals surface area contributed by atoms with Crippen LogP contribution in [0.1, 0.15) is 29.4 Å². The highest BCUT2D eigenvalue weighted by molar-refractivity contribution is 5.94. The summed E-state index contributed by atoms with van der Waals surface area (Å²) < 4.78 is 37.1. The van der Waals surface area contributed by atoms with Crippen LogP contribution < -0.4 is 10.6 Å². The maximum absolute atomic E-state index is 12.4. The van der Waals surface area contributed by atoms with Crippen molar-refractivity contribution in [1.82, 2.24) is 15.6 Å². The Bertz CT molecular complexity index is 473. The fourth-order valence-corrected chi connectivity index (χ4v) is 2.13. The van der Waals surface area contributed by atoms with E-state index in [1.54, 1.807) is 0 Å². The Kier molecular flexibility index (Phi) is 4.27. The number of alkyl halides is 3. The van der Waals surface area contributed by atoms with E-state index in [9.17, 15) is 18.0 Å². The molecule has 1 aliphatic heterocycles. The zero-order valence-corrected chi connectivity index (χ0v) is 11.0. The van der Waals surface area contributed by atoms with Gasteiger partial charge >= 0.3 is 6.18 Å². The molecule has 0 aromatic carbocycles. The van der Waals surface area contributed by atoms with Crippen molar-refractivity contribution >= 4 is 5.91 Å². The van der Waals surface area contributed by atoms with Gasteiger partial charge in [0.1, 0.15) is 5.69 Å². The Labute approximate surface area is 114 Å². The molecule has 1 aliphatic rings. The van der Waals surface area contributed by atoms with E-state index in [0.29, 0.717) is 12.5 Å². The van der Waals surface area contributed by atoms with Gasteiger partial charge in [0.25, 0.3) is 5.91 Å². The van der Waals surface area contributed by atoms with Crippen LogP contribution in [0.15, 0.2) is 18.3 Å². The van der Waals surface area contributed by atoms with Gasteiger partial charge in [-0.2, -0.15) is 13.2 Å². The van der Waals surface area contributed by atoms with Crippen molar-refractivity contribution in [2.45, 2.75) is 25.6 Å². The molecule has 0 bridgehead atoms. The first-order chi connectivity index (χ1) is 9.38. The molecule has 2 rings (SSSR count). The average Bonchev–Trinajstić information content (AvgIpc) is 2.40. The molecule has 4 nitrogen and oxygen atoms in total. The van der Waals surface area contributed by atoms with Crippen LogP contribution in [0.5, 0.6) is 0 Å². The molecule has 0 saturated carbocycles. The fourth-order valence-electron chi connectivity index (χ4n) is 2.13. The largest absolute Gasteiger partial charge is 0.433 e. The van der Waals surface area contributed by atoms with Crippen LogP contribution in [-0.4, -0.2) is 30.0 Å². The highest BCUT2D eigenvalue weighted by Gasteiger charge is 2.32. The van der Waals surface area contributed by atoms with Gasteiger partial charge in [-0.1, -0.05) is 6.92 Å². The minimum atomic E-state index is -4.49. The summed E-state index contributed by atoms with van der Waals surface area (Å²) >= 11 is 0. The highest BCUT2D eigenvalue weighted by atomic mass is 19.4. The molecule has 1 saturated heterocycles. The molecule has 2 unspecified atom stereocenters. The zero-order chi connectivity index (χ0) is 14.8. The third-order valence-electron chi connectivity index (χ3n) is 3.46.